The second kappa shape index (κ2) is 12.8. The van der Waals surface area contributed by atoms with Gasteiger partial charge in [-0.2, -0.15) is 11.8 Å². The van der Waals surface area contributed by atoms with Crippen molar-refractivity contribution in [3.63, 3.8) is 0 Å². The highest BCUT2D eigenvalue weighted by Gasteiger charge is 1.99. The van der Waals surface area contributed by atoms with Crippen LogP contribution in [0.1, 0.15) is 0 Å². The third-order valence-electron chi connectivity index (χ3n) is 1.73. The fourth-order valence-corrected chi connectivity index (χ4v) is 1.21. The highest BCUT2D eigenvalue weighted by molar-refractivity contribution is 7.98. The van der Waals surface area contributed by atoms with Gasteiger partial charge < -0.3 is 20.1 Å². The summed E-state index contributed by atoms with van der Waals surface area (Å²) in [6, 6.07) is 0. The molecule has 0 saturated carbocycles. The summed E-state index contributed by atoms with van der Waals surface area (Å²) in [7, 11) is 1.87. The second-order valence-electron chi connectivity index (χ2n) is 3.11. The lowest BCUT2D eigenvalue weighted by molar-refractivity contribution is -0.126. The van der Waals surface area contributed by atoms with Crippen molar-refractivity contribution in [2.75, 3.05) is 58.6 Å². The molecule has 0 aliphatic heterocycles. The average molecular weight is 250 g/mol. The number of ether oxygens (including phenoxy) is 2. The molecule has 96 valence electrons. The van der Waals surface area contributed by atoms with Gasteiger partial charge in [0.1, 0.15) is 6.61 Å². The molecule has 1 amide bonds. The topological polar surface area (TPSA) is 59.6 Å². The molecule has 0 spiro atoms. The van der Waals surface area contributed by atoms with E-state index in [1.807, 2.05) is 13.3 Å². The van der Waals surface area contributed by atoms with Crippen molar-refractivity contribution in [1.29, 1.82) is 0 Å². The first-order valence-electron chi connectivity index (χ1n) is 5.37. The normalized spacial score (nSPS) is 10.4. The van der Waals surface area contributed by atoms with E-state index in [0.29, 0.717) is 26.4 Å². The molecule has 0 aromatic rings. The van der Waals surface area contributed by atoms with E-state index in [2.05, 4.69) is 10.6 Å². The lowest BCUT2D eigenvalue weighted by Crippen LogP contribution is -2.30. The molecule has 6 heteroatoms. The van der Waals surface area contributed by atoms with Gasteiger partial charge in [-0.1, -0.05) is 0 Å². The van der Waals surface area contributed by atoms with Crippen LogP contribution in [0, 0.1) is 0 Å². The van der Waals surface area contributed by atoms with Gasteiger partial charge in [0.25, 0.3) is 0 Å². The van der Waals surface area contributed by atoms with Crippen LogP contribution in [-0.2, 0) is 14.3 Å². The molecule has 0 aromatic carbocycles. The molecule has 0 unspecified atom stereocenters. The lowest BCUT2D eigenvalue weighted by atomic mass is 10.6. The van der Waals surface area contributed by atoms with Crippen LogP contribution in [0.2, 0.25) is 0 Å². The Morgan fingerprint density at radius 3 is 2.62 bits per heavy atom. The Kier molecular flexibility index (Phi) is 12.5. The number of likely N-dealkylation sites (N-methyl/N-ethyl adjacent to an activating group) is 1. The summed E-state index contributed by atoms with van der Waals surface area (Å²) in [6.07, 6.45) is 2.01. The van der Waals surface area contributed by atoms with Crippen molar-refractivity contribution >= 4 is 17.7 Å². The third-order valence-corrected chi connectivity index (χ3v) is 2.34. The van der Waals surface area contributed by atoms with Crippen molar-refractivity contribution in [3.8, 4) is 0 Å². The molecule has 0 aromatic heterocycles. The molecule has 0 radical (unpaired) electrons. The molecule has 0 aliphatic rings. The van der Waals surface area contributed by atoms with Crippen LogP contribution in [0.15, 0.2) is 0 Å². The summed E-state index contributed by atoms with van der Waals surface area (Å²) < 4.78 is 10.4. The van der Waals surface area contributed by atoms with Gasteiger partial charge in [-0.3, -0.25) is 4.79 Å². The Labute approximate surface area is 102 Å². The molecule has 0 rings (SSSR count). The van der Waals surface area contributed by atoms with Crippen LogP contribution < -0.4 is 10.6 Å². The van der Waals surface area contributed by atoms with E-state index in [1.165, 1.54) is 0 Å². The van der Waals surface area contributed by atoms with E-state index in [4.69, 9.17) is 9.47 Å². The molecule has 0 heterocycles. The Morgan fingerprint density at radius 1 is 1.19 bits per heavy atom. The molecule has 2 N–H and O–H groups in total. The number of rotatable bonds is 11. The van der Waals surface area contributed by atoms with Crippen LogP contribution >= 0.6 is 11.8 Å². The number of hydrogen-bond donors (Lipinski definition) is 2. The van der Waals surface area contributed by atoms with Crippen molar-refractivity contribution < 1.29 is 14.3 Å². The van der Waals surface area contributed by atoms with Gasteiger partial charge in [-0.25, -0.2) is 0 Å². The van der Waals surface area contributed by atoms with E-state index in [1.54, 1.807) is 11.8 Å². The first-order chi connectivity index (χ1) is 7.81. The number of thioether (sulfide) groups is 1. The van der Waals surface area contributed by atoms with Gasteiger partial charge in [0.15, 0.2) is 0 Å². The van der Waals surface area contributed by atoms with Crippen LogP contribution in [0.3, 0.4) is 0 Å². The minimum absolute atomic E-state index is 0.0655. The van der Waals surface area contributed by atoms with Gasteiger partial charge in [-0.05, 0) is 13.3 Å². The predicted molar refractivity (Wildman–Crippen MR) is 67.0 cm³/mol. The van der Waals surface area contributed by atoms with Gasteiger partial charge in [-0.15, -0.1) is 0 Å². The van der Waals surface area contributed by atoms with E-state index in [-0.39, 0.29) is 12.5 Å². The van der Waals surface area contributed by atoms with Crippen LogP contribution in [0.4, 0.5) is 0 Å². The summed E-state index contributed by atoms with van der Waals surface area (Å²) in [5, 5.41) is 5.73. The molecular formula is C10H22N2O3S. The number of carbonyl (C=O) groups excluding carboxylic acids is 1. The number of hydrogen-bond acceptors (Lipinski definition) is 5. The van der Waals surface area contributed by atoms with Crippen molar-refractivity contribution in [3.05, 3.63) is 0 Å². The summed E-state index contributed by atoms with van der Waals surface area (Å²) in [6.45, 7) is 3.29. The first kappa shape index (κ1) is 15.7. The van der Waals surface area contributed by atoms with E-state index < -0.39 is 0 Å². The number of amides is 1. The SMILES string of the molecule is CNCCOCCOCC(=O)NCCSC. The zero-order chi connectivity index (χ0) is 12.1. The Hall–Kier alpha value is -0.300. The first-order valence-corrected chi connectivity index (χ1v) is 6.76. The zero-order valence-corrected chi connectivity index (χ0v) is 10.9. The zero-order valence-electron chi connectivity index (χ0n) is 10.1. The Bertz CT molecular complexity index is 170. The monoisotopic (exact) mass is 250 g/mol. The molecule has 0 bridgehead atoms. The summed E-state index contributed by atoms with van der Waals surface area (Å²) in [4.78, 5) is 11.2. The highest BCUT2D eigenvalue weighted by Crippen LogP contribution is 1.87. The predicted octanol–water partition coefficient (Wildman–Crippen LogP) is -0.282. The van der Waals surface area contributed by atoms with Crippen molar-refractivity contribution in [1.82, 2.24) is 10.6 Å². The van der Waals surface area contributed by atoms with Gasteiger partial charge in [0, 0.05) is 18.8 Å². The Balaban J connectivity index is 3.09. The summed E-state index contributed by atoms with van der Waals surface area (Å²) >= 11 is 1.70. The second-order valence-corrected chi connectivity index (χ2v) is 4.10. The molecule has 0 saturated heterocycles. The van der Waals surface area contributed by atoms with Gasteiger partial charge >= 0.3 is 0 Å². The van der Waals surface area contributed by atoms with Gasteiger partial charge in [0.2, 0.25) is 5.91 Å². The number of carbonyl (C=O) groups is 1. The van der Waals surface area contributed by atoms with Crippen LogP contribution in [0.5, 0.6) is 0 Å². The molecule has 5 nitrogen and oxygen atoms in total. The maximum atomic E-state index is 11.2. The lowest BCUT2D eigenvalue weighted by Gasteiger charge is -2.06. The maximum absolute atomic E-state index is 11.2. The average Bonchev–Trinajstić information content (AvgIpc) is 2.28. The highest BCUT2D eigenvalue weighted by atomic mass is 32.2. The van der Waals surface area contributed by atoms with E-state index in [9.17, 15) is 4.79 Å². The molecule has 0 atom stereocenters. The van der Waals surface area contributed by atoms with Gasteiger partial charge in [0.05, 0.1) is 19.8 Å². The largest absolute Gasteiger partial charge is 0.378 e. The third kappa shape index (κ3) is 11.8. The van der Waals surface area contributed by atoms with Crippen molar-refractivity contribution in [2.24, 2.45) is 0 Å². The molecule has 16 heavy (non-hydrogen) atoms. The fraction of sp³-hybridized carbons (Fsp3) is 0.900. The van der Waals surface area contributed by atoms with Crippen LogP contribution in [0.25, 0.3) is 0 Å². The smallest absolute Gasteiger partial charge is 0.246 e. The van der Waals surface area contributed by atoms with E-state index in [0.717, 1.165) is 12.3 Å². The number of nitrogens with one attached hydrogen (secondary N) is 2. The van der Waals surface area contributed by atoms with Crippen LogP contribution in [-0.4, -0.2) is 64.5 Å². The van der Waals surface area contributed by atoms with Crippen molar-refractivity contribution in [2.45, 2.75) is 0 Å². The standard InChI is InChI=1S/C10H22N2O3S/c1-11-3-5-14-6-7-15-9-10(13)12-4-8-16-2/h11H,3-9H2,1-2H3,(H,12,13). The summed E-state index contributed by atoms with van der Waals surface area (Å²) in [5.41, 5.74) is 0. The summed E-state index contributed by atoms with van der Waals surface area (Å²) in [5.74, 6) is 0.864. The van der Waals surface area contributed by atoms with E-state index >= 15 is 0 Å². The quantitative estimate of drug-likeness (QED) is 0.494. The minimum atomic E-state index is -0.0655. The molecular weight excluding hydrogens is 228 g/mol. The Morgan fingerprint density at radius 2 is 1.94 bits per heavy atom. The fourth-order valence-electron chi connectivity index (χ4n) is 0.903. The maximum Gasteiger partial charge on any atom is 0.246 e. The molecule has 0 fully saturated rings. The molecule has 0 aliphatic carbocycles. The minimum Gasteiger partial charge on any atom is -0.378 e.